The molecule has 1 aromatic heterocycles. The number of likely N-dealkylation sites (tertiary alicyclic amines) is 1. The molecule has 0 aliphatic carbocycles. The predicted octanol–water partition coefficient (Wildman–Crippen LogP) is 1.43. The quantitative estimate of drug-likeness (QED) is 0.743. The molecule has 4 nitrogen and oxygen atoms in total. The Labute approximate surface area is 110 Å². The van der Waals surface area contributed by atoms with E-state index in [9.17, 15) is 0 Å². The maximum atomic E-state index is 4.23. The van der Waals surface area contributed by atoms with Crippen LogP contribution in [-0.2, 0) is 13.5 Å². The van der Waals surface area contributed by atoms with Crippen molar-refractivity contribution in [2.45, 2.75) is 38.6 Å². The van der Waals surface area contributed by atoms with Crippen LogP contribution in [0.15, 0.2) is 12.3 Å². The maximum absolute atomic E-state index is 4.23. The van der Waals surface area contributed by atoms with E-state index >= 15 is 0 Å². The Bertz CT molecular complexity index is 347. The molecule has 102 valence electrons. The fraction of sp³-hybridized carbons (Fsp3) is 0.786. The summed E-state index contributed by atoms with van der Waals surface area (Å²) < 4.78 is 1.99. The largest absolute Gasteiger partial charge is 0.315 e. The zero-order valence-electron chi connectivity index (χ0n) is 11.7. The number of aryl methyl sites for hydroxylation is 1. The molecule has 1 aliphatic heterocycles. The van der Waals surface area contributed by atoms with Crippen LogP contribution in [0.2, 0.25) is 0 Å². The van der Waals surface area contributed by atoms with E-state index in [2.05, 4.69) is 28.3 Å². The van der Waals surface area contributed by atoms with Gasteiger partial charge in [-0.2, -0.15) is 5.10 Å². The first-order valence-corrected chi connectivity index (χ1v) is 7.23. The van der Waals surface area contributed by atoms with Gasteiger partial charge in [0.1, 0.15) is 0 Å². The molecule has 4 heteroatoms. The Kier molecular flexibility index (Phi) is 5.20. The third kappa shape index (κ3) is 3.56. The second-order valence-corrected chi connectivity index (χ2v) is 5.23. The molecule has 2 heterocycles. The lowest BCUT2D eigenvalue weighted by Gasteiger charge is -2.24. The minimum atomic E-state index is 0.741. The summed E-state index contributed by atoms with van der Waals surface area (Å²) in [6.07, 6.45) is 6.92. The van der Waals surface area contributed by atoms with Gasteiger partial charge in [0, 0.05) is 44.5 Å². The minimum absolute atomic E-state index is 0.741. The molecule has 1 saturated heterocycles. The fourth-order valence-electron chi connectivity index (χ4n) is 2.77. The smallest absolute Gasteiger partial charge is 0.0492 e. The molecule has 18 heavy (non-hydrogen) atoms. The number of aromatic nitrogens is 2. The molecule has 0 bridgehead atoms. The number of nitrogens with one attached hydrogen (secondary N) is 1. The lowest BCUT2D eigenvalue weighted by molar-refractivity contribution is 0.249. The molecule has 1 unspecified atom stereocenters. The highest BCUT2D eigenvalue weighted by molar-refractivity contribution is 5.00. The summed E-state index contributed by atoms with van der Waals surface area (Å²) >= 11 is 0. The van der Waals surface area contributed by atoms with Gasteiger partial charge in [0.15, 0.2) is 0 Å². The van der Waals surface area contributed by atoms with E-state index in [1.54, 1.807) is 0 Å². The average molecular weight is 250 g/mol. The van der Waals surface area contributed by atoms with E-state index < -0.39 is 0 Å². The molecule has 1 atom stereocenters. The average Bonchev–Trinajstić information content (AvgIpc) is 2.96. The Morgan fingerprint density at radius 1 is 1.50 bits per heavy atom. The summed E-state index contributed by atoms with van der Waals surface area (Å²) in [5.41, 5.74) is 1.34. The summed E-state index contributed by atoms with van der Waals surface area (Å²) in [6, 6.07) is 2.87. The van der Waals surface area contributed by atoms with Crippen LogP contribution in [0.25, 0.3) is 0 Å². The van der Waals surface area contributed by atoms with E-state index in [1.165, 1.54) is 31.5 Å². The van der Waals surface area contributed by atoms with Crippen LogP contribution in [0, 0.1) is 0 Å². The van der Waals surface area contributed by atoms with Gasteiger partial charge >= 0.3 is 0 Å². The first-order valence-electron chi connectivity index (χ1n) is 7.23. The van der Waals surface area contributed by atoms with Gasteiger partial charge in [-0.3, -0.25) is 9.58 Å². The second-order valence-electron chi connectivity index (χ2n) is 5.23. The van der Waals surface area contributed by atoms with Crippen LogP contribution in [0.3, 0.4) is 0 Å². The van der Waals surface area contributed by atoms with Crippen LogP contribution >= 0.6 is 0 Å². The number of hydrogen-bond donors (Lipinski definition) is 1. The van der Waals surface area contributed by atoms with E-state index in [0.717, 1.165) is 32.1 Å². The van der Waals surface area contributed by atoms with Crippen LogP contribution in [-0.4, -0.2) is 46.9 Å². The standard InChI is InChI=1S/C14H26N4/c1-3-8-15-12-14-5-4-10-18(14)11-7-13-6-9-16-17(13)2/h6,9,14-15H,3-5,7-8,10-12H2,1-2H3. The van der Waals surface area contributed by atoms with Crippen molar-refractivity contribution in [3.8, 4) is 0 Å². The van der Waals surface area contributed by atoms with Crippen LogP contribution in [0.5, 0.6) is 0 Å². The van der Waals surface area contributed by atoms with Crippen molar-refractivity contribution in [1.82, 2.24) is 20.0 Å². The molecule has 1 aliphatic rings. The van der Waals surface area contributed by atoms with E-state index in [1.807, 2.05) is 17.9 Å². The monoisotopic (exact) mass is 250 g/mol. The van der Waals surface area contributed by atoms with Gasteiger partial charge in [-0.05, 0) is 38.4 Å². The number of hydrogen-bond acceptors (Lipinski definition) is 3. The van der Waals surface area contributed by atoms with Crippen LogP contribution in [0.4, 0.5) is 0 Å². The summed E-state index contributed by atoms with van der Waals surface area (Å²) in [4.78, 5) is 2.63. The third-order valence-electron chi connectivity index (χ3n) is 3.88. The first-order chi connectivity index (χ1) is 8.81. The van der Waals surface area contributed by atoms with Crippen LogP contribution in [0.1, 0.15) is 31.9 Å². The van der Waals surface area contributed by atoms with Gasteiger partial charge in [-0.25, -0.2) is 0 Å². The molecule has 0 spiro atoms. The van der Waals surface area contributed by atoms with Crippen molar-refractivity contribution in [2.24, 2.45) is 7.05 Å². The summed E-state index contributed by atoms with van der Waals surface area (Å²) in [7, 11) is 2.03. The minimum Gasteiger partial charge on any atom is -0.315 e. The lowest BCUT2D eigenvalue weighted by atomic mass is 10.2. The van der Waals surface area contributed by atoms with Crippen molar-refractivity contribution in [2.75, 3.05) is 26.2 Å². The van der Waals surface area contributed by atoms with E-state index in [-0.39, 0.29) is 0 Å². The zero-order chi connectivity index (χ0) is 12.8. The topological polar surface area (TPSA) is 33.1 Å². The van der Waals surface area contributed by atoms with Gasteiger partial charge < -0.3 is 5.32 Å². The summed E-state index contributed by atoms with van der Waals surface area (Å²) in [6.45, 7) is 6.95. The Balaban J connectivity index is 1.75. The van der Waals surface area contributed by atoms with Crippen molar-refractivity contribution >= 4 is 0 Å². The van der Waals surface area contributed by atoms with Crippen molar-refractivity contribution < 1.29 is 0 Å². The highest BCUT2D eigenvalue weighted by Gasteiger charge is 2.23. The second kappa shape index (κ2) is 6.90. The fourth-order valence-corrected chi connectivity index (χ4v) is 2.77. The molecule has 0 radical (unpaired) electrons. The molecule has 1 fully saturated rings. The Hall–Kier alpha value is -0.870. The maximum Gasteiger partial charge on any atom is 0.0492 e. The number of nitrogens with zero attached hydrogens (tertiary/aromatic N) is 3. The molecule has 2 rings (SSSR count). The Morgan fingerprint density at radius 3 is 3.11 bits per heavy atom. The summed E-state index contributed by atoms with van der Waals surface area (Å²) in [5.74, 6) is 0. The molecule has 1 N–H and O–H groups in total. The normalized spacial score (nSPS) is 20.7. The van der Waals surface area contributed by atoms with Crippen LogP contribution < -0.4 is 5.32 Å². The molecule has 0 amide bonds. The zero-order valence-corrected chi connectivity index (χ0v) is 11.7. The van der Waals surface area contributed by atoms with Gasteiger partial charge in [0.05, 0.1) is 0 Å². The first kappa shape index (κ1) is 13.6. The van der Waals surface area contributed by atoms with Crippen molar-refractivity contribution in [3.05, 3.63) is 18.0 Å². The molecular formula is C14H26N4. The lowest BCUT2D eigenvalue weighted by Crippen LogP contribution is -2.39. The highest BCUT2D eigenvalue weighted by atomic mass is 15.3. The van der Waals surface area contributed by atoms with E-state index in [0.29, 0.717) is 0 Å². The highest BCUT2D eigenvalue weighted by Crippen LogP contribution is 2.17. The Morgan fingerprint density at radius 2 is 2.39 bits per heavy atom. The van der Waals surface area contributed by atoms with Gasteiger partial charge in [-0.15, -0.1) is 0 Å². The van der Waals surface area contributed by atoms with Gasteiger partial charge in [-0.1, -0.05) is 6.92 Å². The third-order valence-corrected chi connectivity index (χ3v) is 3.88. The molecule has 0 saturated carbocycles. The molecular weight excluding hydrogens is 224 g/mol. The summed E-state index contributed by atoms with van der Waals surface area (Å²) in [5, 5.41) is 7.78. The van der Waals surface area contributed by atoms with Gasteiger partial charge in [0.2, 0.25) is 0 Å². The van der Waals surface area contributed by atoms with Gasteiger partial charge in [0.25, 0.3) is 0 Å². The number of rotatable bonds is 7. The van der Waals surface area contributed by atoms with Crippen molar-refractivity contribution in [3.63, 3.8) is 0 Å². The van der Waals surface area contributed by atoms with E-state index in [4.69, 9.17) is 0 Å². The molecule has 1 aromatic rings. The predicted molar refractivity (Wildman–Crippen MR) is 74.7 cm³/mol. The molecule has 0 aromatic carbocycles. The SMILES string of the molecule is CCCNCC1CCCN1CCc1ccnn1C. The van der Waals surface area contributed by atoms with Crippen molar-refractivity contribution in [1.29, 1.82) is 0 Å².